The molecule has 3 heterocycles. The van der Waals surface area contributed by atoms with Crippen LogP contribution in [0.2, 0.25) is 0 Å². The standard InChI is InChI=1S/C16H18N6/c17-15-11-13(4-7-20-15)16-21-8-10-22(16)9-2-6-19-14-3-1-5-18-12-14/h1,3-5,7-8,10-12,19H,2,6,9H2,(H2,17,20). The number of rotatable bonds is 6. The topological polar surface area (TPSA) is 81.6 Å². The maximum absolute atomic E-state index is 5.74. The highest BCUT2D eigenvalue weighted by molar-refractivity contribution is 5.58. The zero-order valence-electron chi connectivity index (χ0n) is 12.2. The Hall–Kier alpha value is -2.89. The molecule has 0 bridgehead atoms. The van der Waals surface area contributed by atoms with Crippen molar-refractivity contribution in [2.75, 3.05) is 17.6 Å². The van der Waals surface area contributed by atoms with Gasteiger partial charge in [-0.05, 0) is 30.7 Å². The number of anilines is 2. The number of hydrogen-bond donors (Lipinski definition) is 2. The molecule has 3 rings (SSSR count). The molecule has 3 aromatic heterocycles. The Balaban J connectivity index is 1.59. The van der Waals surface area contributed by atoms with Crippen LogP contribution in [0.3, 0.4) is 0 Å². The molecular weight excluding hydrogens is 276 g/mol. The molecule has 112 valence electrons. The number of nitrogens with zero attached hydrogens (tertiary/aromatic N) is 4. The minimum Gasteiger partial charge on any atom is -0.384 e. The SMILES string of the molecule is Nc1cc(-c2nccn2CCCNc2cccnc2)ccn1. The second-order valence-corrected chi connectivity index (χ2v) is 4.94. The molecule has 3 aromatic rings. The number of pyridine rings is 2. The van der Waals surface area contributed by atoms with Crippen LogP contribution >= 0.6 is 0 Å². The largest absolute Gasteiger partial charge is 0.384 e. The Morgan fingerprint density at radius 3 is 2.91 bits per heavy atom. The first kappa shape index (κ1) is 14.1. The molecule has 0 spiro atoms. The van der Waals surface area contributed by atoms with Crippen LogP contribution in [0.5, 0.6) is 0 Å². The predicted molar refractivity (Wildman–Crippen MR) is 87.2 cm³/mol. The molecular formula is C16H18N6. The average molecular weight is 294 g/mol. The molecule has 0 radical (unpaired) electrons. The van der Waals surface area contributed by atoms with Gasteiger partial charge in [-0.15, -0.1) is 0 Å². The summed E-state index contributed by atoms with van der Waals surface area (Å²) in [5, 5.41) is 3.35. The second-order valence-electron chi connectivity index (χ2n) is 4.94. The fourth-order valence-electron chi connectivity index (χ4n) is 2.29. The molecule has 3 N–H and O–H groups in total. The third kappa shape index (κ3) is 3.41. The highest BCUT2D eigenvalue weighted by Gasteiger charge is 2.06. The summed E-state index contributed by atoms with van der Waals surface area (Å²) in [7, 11) is 0. The molecule has 0 fully saturated rings. The van der Waals surface area contributed by atoms with Crippen LogP contribution in [-0.2, 0) is 6.54 Å². The van der Waals surface area contributed by atoms with E-state index in [2.05, 4.69) is 24.8 Å². The third-order valence-corrected chi connectivity index (χ3v) is 3.32. The Kier molecular flexibility index (Phi) is 4.29. The van der Waals surface area contributed by atoms with Gasteiger partial charge in [-0.1, -0.05) is 0 Å². The highest BCUT2D eigenvalue weighted by atomic mass is 15.1. The predicted octanol–water partition coefficient (Wildman–Crippen LogP) is 2.42. The van der Waals surface area contributed by atoms with Gasteiger partial charge in [-0.2, -0.15) is 0 Å². The quantitative estimate of drug-likeness (QED) is 0.682. The molecule has 0 saturated carbocycles. The zero-order valence-corrected chi connectivity index (χ0v) is 12.2. The molecule has 0 unspecified atom stereocenters. The van der Waals surface area contributed by atoms with Gasteiger partial charge in [0.05, 0.1) is 5.69 Å². The average Bonchev–Trinajstić information content (AvgIpc) is 3.01. The van der Waals surface area contributed by atoms with Crippen molar-refractivity contribution in [1.29, 1.82) is 0 Å². The van der Waals surface area contributed by atoms with E-state index in [1.54, 1.807) is 18.6 Å². The first-order chi connectivity index (χ1) is 10.8. The lowest BCUT2D eigenvalue weighted by Gasteiger charge is -2.09. The molecule has 22 heavy (non-hydrogen) atoms. The van der Waals surface area contributed by atoms with Crippen molar-refractivity contribution in [3.63, 3.8) is 0 Å². The normalized spacial score (nSPS) is 10.5. The van der Waals surface area contributed by atoms with E-state index in [-0.39, 0.29) is 0 Å². The van der Waals surface area contributed by atoms with E-state index in [9.17, 15) is 0 Å². The second kappa shape index (κ2) is 6.71. The van der Waals surface area contributed by atoms with Gasteiger partial charge in [0.15, 0.2) is 0 Å². The van der Waals surface area contributed by atoms with Crippen LogP contribution in [0.25, 0.3) is 11.4 Å². The van der Waals surface area contributed by atoms with Crippen molar-refractivity contribution in [3.05, 3.63) is 55.2 Å². The van der Waals surface area contributed by atoms with Gasteiger partial charge in [-0.25, -0.2) is 9.97 Å². The molecule has 0 aliphatic carbocycles. The van der Waals surface area contributed by atoms with Crippen LogP contribution in [-0.4, -0.2) is 26.1 Å². The Morgan fingerprint density at radius 2 is 2.09 bits per heavy atom. The van der Waals surface area contributed by atoms with Crippen LogP contribution in [0.4, 0.5) is 11.5 Å². The van der Waals surface area contributed by atoms with E-state index < -0.39 is 0 Å². The molecule has 6 heteroatoms. The van der Waals surface area contributed by atoms with E-state index >= 15 is 0 Å². The summed E-state index contributed by atoms with van der Waals surface area (Å²) >= 11 is 0. The first-order valence-electron chi connectivity index (χ1n) is 7.20. The lowest BCUT2D eigenvalue weighted by molar-refractivity contribution is 0.667. The van der Waals surface area contributed by atoms with E-state index in [1.165, 1.54) is 0 Å². The lowest BCUT2D eigenvalue weighted by atomic mass is 10.2. The van der Waals surface area contributed by atoms with Gasteiger partial charge >= 0.3 is 0 Å². The van der Waals surface area contributed by atoms with Crippen LogP contribution in [0, 0.1) is 0 Å². The Bertz CT molecular complexity index is 722. The molecule has 0 saturated heterocycles. The van der Waals surface area contributed by atoms with Crippen molar-refractivity contribution in [1.82, 2.24) is 19.5 Å². The molecule has 0 atom stereocenters. The number of nitrogens with two attached hydrogens (primary N) is 1. The number of imidazole rings is 1. The van der Waals surface area contributed by atoms with Crippen molar-refractivity contribution in [2.24, 2.45) is 0 Å². The van der Waals surface area contributed by atoms with E-state index in [4.69, 9.17) is 5.73 Å². The maximum atomic E-state index is 5.74. The minimum atomic E-state index is 0.505. The summed E-state index contributed by atoms with van der Waals surface area (Å²) in [6.07, 6.45) is 10.1. The molecule has 0 amide bonds. The smallest absolute Gasteiger partial charge is 0.140 e. The number of hydrogen-bond acceptors (Lipinski definition) is 5. The van der Waals surface area contributed by atoms with Crippen molar-refractivity contribution in [2.45, 2.75) is 13.0 Å². The zero-order chi connectivity index (χ0) is 15.2. The van der Waals surface area contributed by atoms with E-state index in [0.717, 1.165) is 36.6 Å². The summed E-state index contributed by atoms with van der Waals surface area (Å²) in [5.41, 5.74) is 7.76. The van der Waals surface area contributed by atoms with Crippen LogP contribution < -0.4 is 11.1 Å². The van der Waals surface area contributed by atoms with Gasteiger partial charge in [0.25, 0.3) is 0 Å². The maximum Gasteiger partial charge on any atom is 0.140 e. The van der Waals surface area contributed by atoms with Gasteiger partial charge < -0.3 is 15.6 Å². The van der Waals surface area contributed by atoms with E-state index in [0.29, 0.717) is 5.82 Å². The van der Waals surface area contributed by atoms with Gasteiger partial charge in [0, 0.05) is 49.6 Å². The summed E-state index contributed by atoms with van der Waals surface area (Å²) in [6, 6.07) is 7.69. The first-order valence-corrected chi connectivity index (χ1v) is 7.20. The molecule has 6 nitrogen and oxygen atoms in total. The summed E-state index contributed by atoms with van der Waals surface area (Å²) < 4.78 is 2.12. The van der Waals surface area contributed by atoms with Gasteiger partial charge in [0.1, 0.15) is 11.6 Å². The van der Waals surface area contributed by atoms with Crippen molar-refractivity contribution < 1.29 is 0 Å². The molecule has 0 aliphatic rings. The minimum absolute atomic E-state index is 0.505. The Labute approximate surface area is 129 Å². The van der Waals surface area contributed by atoms with Gasteiger partial charge in [-0.3, -0.25) is 4.98 Å². The van der Waals surface area contributed by atoms with Crippen LogP contribution in [0.15, 0.2) is 55.2 Å². The summed E-state index contributed by atoms with van der Waals surface area (Å²) in [6.45, 7) is 1.76. The number of aromatic nitrogens is 4. The highest BCUT2D eigenvalue weighted by Crippen LogP contribution is 2.18. The fraction of sp³-hybridized carbons (Fsp3) is 0.188. The monoisotopic (exact) mass is 294 g/mol. The van der Waals surface area contributed by atoms with Crippen LogP contribution in [0.1, 0.15) is 6.42 Å². The molecule has 0 aliphatic heterocycles. The number of aryl methyl sites for hydroxylation is 1. The number of nitrogens with one attached hydrogen (secondary N) is 1. The summed E-state index contributed by atoms with van der Waals surface area (Å²) in [5.74, 6) is 1.42. The number of nitrogen functional groups attached to an aromatic ring is 1. The lowest BCUT2D eigenvalue weighted by Crippen LogP contribution is -2.07. The fourth-order valence-corrected chi connectivity index (χ4v) is 2.29. The third-order valence-electron chi connectivity index (χ3n) is 3.32. The van der Waals surface area contributed by atoms with Gasteiger partial charge in [0.2, 0.25) is 0 Å². The van der Waals surface area contributed by atoms with E-state index in [1.807, 2.05) is 36.7 Å². The Morgan fingerprint density at radius 1 is 1.14 bits per heavy atom. The molecule has 0 aromatic carbocycles. The summed E-state index contributed by atoms with van der Waals surface area (Å²) in [4.78, 5) is 12.5. The van der Waals surface area contributed by atoms with Crippen molar-refractivity contribution in [3.8, 4) is 11.4 Å². The van der Waals surface area contributed by atoms with Crippen molar-refractivity contribution >= 4 is 11.5 Å².